The van der Waals surface area contributed by atoms with Crippen LogP contribution in [0.3, 0.4) is 0 Å². The SMILES string of the molecule is CNc1cc(C)ncc1C(=O)NCCCCn1ccnc1. The first-order chi connectivity index (χ1) is 10.2. The van der Waals surface area contributed by atoms with Crippen LogP contribution in [0.5, 0.6) is 0 Å². The molecule has 0 radical (unpaired) electrons. The van der Waals surface area contributed by atoms with Crippen LogP contribution in [0.25, 0.3) is 0 Å². The molecule has 0 aliphatic carbocycles. The number of imidazole rings is 1. The van der Waals surface area contributed by atoms with Gasteiger partial charge in [0.05, 0.1) is 17.6 Å². The van der Waals surface area contributed by atoms with Gasteiger partial charge in [0, 0.05) is 44.4 Å². The zero-order valence-corrected chi connectivity index (χ0v) is 12.5. The van der Waals surface area contributed by atoms with E-state index in [4.69, 9.17) is 0 Å². The number of nitrogens with one attached hydrogen (secondary N) is 2. The predicted molar refractivity (Wildman–Crippen MR) is 82.3 cm³/mol. The van der Waals surface area contributed by atoms with Crippen LogP contribution in [-0.2, 0) is 6.54 Å². The summed E-state index contributed by atoms with van der Waals surface area (Å²) in [5.74, 6) is -0.0884. The summed E-state index contributed by atoms with van der Waals surface area (Å²) in [5, 5.41) is 5.96. The van der Waals surface area contributed by atoms with Crippen LogP contribution in [-0.4, -0.2) is 34.0 Å². The quantitative estimate of drug-likeness (QED) is 0.762. The highest BCUT2D eigenvalue weighted by Crippen LogP contribution is 2.14. The number of rotatable bonds is 7. The van der Waals surface area contributed by atoms with Crippen molar-refractivity contribution in [3.05, 3.63) is 42.2 Å². The van der Waals surface area contributed by atoms with Crippen molar-refractivity contribution in [2.45, 2.75) is 26.3 Å². The van der Waals surface area contributed by atoms with Gasteiger partial charge in [-0.1, -0.05) is 0 Å². The molecule has 0 saturated heterocycles. The molecule has 0 fully saturated rings. The fraction of sp³-hybridized carbons (Fsp3) is 0.400. The molecule has 0 atom stereocenters. The Kier molecular flexibility index (Phi) is 5.31. The number of hydrogen-bond donors (Lipinski definition) is 2. The van der Waals surface area contributed by atoms with E-state index in [9.17, 15) is 4.79 Å². The molecule has 2 rings (SSSR count). The van der Waals surface area contributed by atoms with Crippen molar-refractivity contribution < 1.29 is 4.79 Å². The number of hydrogen-bond acceptors (Lipinski definition) is 4. The molecule has 0 bridgehead atoms. The van der Waals surface area contributed by atoms with Gasteiger partial charge in [0.1, 0.15) is 0 Å². The van der Waals surface area contributed by atoms with Gasteiger partial charge in [0.15, 0.2) is 0 Å². The second-order valence-electron chi connectivity index (χ2n) is 4.88. The van der Waals surface area contributed by atoms with Crippen LogP contribution in [0.4, 0.5) is 5.69 Å². The molecular weight excluding hydrogens is 266 g/mol. The van der Waals surface area contributed by atoms with Gasteiger partial charge in [0.25, 0.3) is 5.91 Å². The minimum Gasteiger partial charge on any atom is -0.387 e. The van der Waals surface area contributed by atoms with Gasteiger partial charge in [-0.3, -0.25) is 9.78 Å². The van der Waals surface area contributed by atoms with Crippen LogP contribution in [0.15, 0.2) is 31.0 Å². The number of nitrogens with zero attached hydrogens (tertiary/aromatic N) is 3. The summed E-state index contributed by atoms with van der Waals surface area (Å²) < 4.78 is 2.03. The normalized spacial score (nSPS) is 10.4. The summed E-state index contributed by atoms with van der Waals surface area (Å²) in [6.07, 6.45) is 9.05. The van der Waals surface area contributed by atoms with E-state index in [0.717, 1.165) is 30.8 Å². The van der Waals surface area contributed by atoms with Gasteiger partial charge in [-0.15, -0.1) is 0 Å². The molecule has 2 aromatic rings. The van der Waals surface area contributed by atoms with E-state index in [2.05, 4.69) is 20.6 Å². The zero-order valence-electron chi connectivity index (χ0n) is 12.5. The molecule has 2 heterocycles. The second kappa shape index (κ2) is 7.42. The Hall–Kier alpha value is -2.37. The third-order valence-corrected chi connectivity index (χ3v) is 3.24. The van der Waals surface area contributed by atoms with Crippen LogP contribution in [0.1, 0.15) is 28.9 Å². The summed E-state index contributed by atoms with van der Waals surface area (Å²) in [6, 6.07) is 1.87. The van der Waals surface area contributed by atoms with Crippen LogP contribution < -0.4 is 10.6 Å². The van der Waals surface area contributed by atoms with Gasteiger partial charge in [0.2, 0.25) is 0 Å². The highest BCUT2D eigenvalue weighted by Gasteiger charge is 2.10. The Morgan fingerprint density at radius 3 is 2.95 bits per heavy atom. The molecule has 0 aromatic carbocycles. The second-order valence-corrected chi connectivity index (χ2v) is 4.88. The third-order valence-electron chi connectivity index (χ3n) is 3.24. The number of carbonyl (C=O) groups excluding carboxylic acids is 1. The van der Waals surface area contributed by atoms with Crippen molar-refractivity contribution >= 4 is 11.6 Å². The summed E-state index contributed by atoms with van der Waals surface area (Å²) in [4.78, 5) is 20.3. The lowest BCUT2D eigenvalue weighted by Crippen LogP contribution is -2.25. The fourth-order valence-corrected chi connectivity index (χ4v) is 2.08. The average Bonchev–Trinajstić information content (AvgIpc) is 2.99. The summed E-state index contributed by atoms with van der Waals surface area (Å²) in [5.41, 5.74) is 2.27. The molecule has 0 saturated carbocycles. The summed E-state index contributed by atoms with van der Waals surface area (Å²) in [7, 11) is 1.80. The standard InChI is InChI=1S/C15H21N5O/c1-12-9-14(16-2)13(10-19-12)15(21)18-5-3-4-7-20-8-6-17-11-20/h6,8-11H,3-5,7H2,1-2H3,(H,16,19)(H,18,21). The first-order valence-electron chi connectivity index (χ1n) is 7.09. The average molecular weight is 287 g/mol. The minimum absolute atomic E-state index is 0.0884. The van der Waals surface area contributed by atoms with Crippen molar-refractivity contribution in [3.63, 3.8) is 0 Å². The lowest BCUT2D eigenvalue weighted by molar-refractivity contribution is 0.0953. The molecule has 1 amide bonds. The van der Waals surface area contributed by atoms with Crippen LogP contribution >= 0.6 is 0 Å². The molecule has 0 aliphatic heterocycles. The number of pyridine rings is 1. The van der Waals surface area contributed by atoms with E-state index in [1.807, 2.05) is 23.8 Å². The van der Waals surface area contributed by atoms with Crippen molar-refractivity contribution in [2.24, 2.45) is 0 Å². The van der Waals surface area contributed by atoms with Crippen molar-refractivity contribution in [1.82, 2.24) is 19.9 Å². The maximum Gasteiger partial charge on any atom is 0.254 e. The lowest BCUT2D eigenvalue weighted by atomic mass is 10.2. The van der Waals surface area contributed by atoms with E-state index in [-0.39, 0.29) is 5.91 Å². The van der Waals surface area contributed by atoms with Gasteiger partial charge in [-0.2, -0.15) is 0 Å². The summed E-state index contributed by atoms with van der Waals surface area (Å²) in [6.45, 7) is 3.48. The van der Waals surface area contributed by atoms with Gasteiger partial charge < -0.3 is 15.2 Å². The molecule has 6 heteroatoms. The Labute approximate surface area is 124 Å². The monoisotopic (exact) mass is 287 g/mol. The van der Waals surface area contributed by atoms with Crippen LogP contribution in [0.2, 0.25) is 0 Å². The largest absolute Gasteiger partial charge is 0.387 e. The Morgan fingerprint density at radius 1 is 1.38 bits per heavy atom. The fourth-order valence-electron chi connectivity index (χ4n) is 2.08. The van der Waals surface area contributed by atoms with Gasteiger partial charge >= 0.3 is 0 Å². The molecule has 2 aromatic heterocycles. The third kappa shape index (κ3) is 4.30. The number of aryl methyl sites for hydroxylation is 2. The molecule has 6 nitrogen and oxygen atoms in total. The molecular formula is C15H21N5O. The molecule has 0 aliphatic rings. The number of aromatic nitrogens is 3. The van der Waals surface area contributed by atoms with E-state index in [1.54, 1.807) is 25.8 Å². The summed E-state index contributed by atoms with van der Waals surface area (Å²) >= 11 is 0. The first kappa shape index (κ1) is 15.0. The van der Waals surface area contributed by atoms with Crippen molar-refractivity contribution in [1.29, 1.82) is 0 Å². The first-order valence-corrected chi connectivity index (χ1v) is 7.09. The zero-order chi connectivity index (χ0) is 15.1. The molecule has 2 N–H and O–H groups in total. The maximum atomic E-state index is 12.1. The molecule has 21 heavy (non-hydrogen) atoms. The number of unbranched alkanes of at least 4 members (excludes halogenated alkanes) is 1. The minimum atomic E-state index is -0.0884. The highest BCUT2D eigenvalue weighted by atomic mass is 16.1. The van der Waals surface area contributed by atoms with E-state index in [0.29, 0.717) is 12.1 Å². The molecule has 0 spiro atoms. The highest BCUT2D eigenvalue weighted by molar-refractivity contribution is 5.99. The Balaban J connectivity index is 1.76. The maximum absolute atomic E-state index is 12.1. The van der Waals surface area contributed by atoms with Crippen LogP contribution in [0, 0.1) is 6.92 Å². The van der Waals surface area contributed by atoms with Crippen molar-refractivity contribution in [3.8, 4) is 0 Å². The molecule has 0 unspecified atom stereocenters. The lowest BCUT2D eigenvalue weighted by Gasteiger charge is -2.10. The topological polar surface area (TPSA) is 71.8 Å². The Bertz CT molecular complexity index is 580. The van der Waals surface area contributed by atoms with Gasteiger partial charge in [-0.05, 0) is 25.8 Å². The predicted octanol–water partition coefficient (Wildman–Crippen LogP) is 1.84. The van der Waals surface area contributed by atoms with Crippen molar-refractivity contribution in [2.75, 3.05) is 18.9 Å². The number of amides is 1. The number of carbonyl (C=O) groups is 1. The number of anilines is 1. The van der Waals surface area contributed by atoms with E-state index < -0.39 is 0 Å². The van der Waals surface area contributed by atoms with E-state index in [1.165, 1.54) is 0 Å². The molecule has 112 valence electrons. The van der Waals surface area contributed by atoms with Gasteiger partial charge in [-0.25, -0.2) is 4.98 Å². The smallest absolute Gasteiger partial charge is 0.254 e. The van der Waals surface area contributed by atoms with E-state index >= 15 is 0 Å². The Morgan fingerprint density at radius 2 is 2.24 bits per heavy atom.